The molecule has 5 heteroatoms. The van der Waals surface area contributed by atoms with Crippen molar-refractivity contribution in [3.63, 3.8) is 0 Å². The number of nitrogens with one attached hydrogen (secondary N) is 2. The van der Waals surface area contributed by atoms with E-state index in [0.717, 1.165) is 22.6 Å². The lowest BCUT2D eigenvalue weighted by atomic mass is 10.1. The monoisotopic (exact) mass is 345 g/mol. The molecule has 0 bridgehead atoms. The number of carbonyl (C=O) groups excluding carboxylic acids is 2. The van der Waals surface area contributed by atoms with Gasteiger partial charge in [-0.2, -0.15) is 0 Å². The number of rotatable bonds is 5. The van der Waals surface area contributed by atoms with Crippen molar-refractivity contribution in [3.8, 4) is 0 Å². The number of hydrogen-bond acceptors (Lipinski definition) is 4. The topological polar surface area (TPSA) is 71.1 Å². The fourth-order valence-electron chi connectivity index (χ4n) is 2.42. The van der Waals surface area contributed by atoms with Crippen molar-refractivity contribution in [2.45, 2.75) is 13.8 Å². The maximum Gasteiger partial charge on any atom is 0.274 e. The lowest BCUT2D eigenvalue weighted by Crippen LogP contribution is -2.13. The van der Waals surface area contributed by atoms with E-state index in [4.69, 9.17) is 0 Å². The third-order valence-electron chi connectivity index (χ3n) is 3.86. The summed E-state index contributed by atoms with van der Waals surface area (Å²) in [7, 11) is 0. The van der Waals surface area contributed by atoms with Crippen molar-refractivity contribution < 1.29 is 9.59 Å². The molecular formula is C21H19N3O2. The first-order valence-corrected chi connectivity index (χ1v) is 8.23. The van der Waals surface area contributed by atoms with Crippen LogP contribution >= 0.6 is 0 Å². The molecule has 2 N–H and O–H groups in total. The van der Waals surface area contributed by atoms with Crippen LogP contribution < -0.4 is 10.6 Å². The largest absolute Gasteiger partial charge is 0.354 e. The van der Waals surface area contributed by atoms with Crippen LogP contribution in [-0.2, 0) is 0 Å². The minimum atomic E-state index is -0.265. The summed E-state index contributed by atoms with van der Waals surface area (Å²) >= 11 is 0. The highest BCUT2D eigenvalue weighted by atomic mass is 16.2. The molecule has 0 radical (unpaired) electrons. The van der Waals surface area contributed by atoms with E-state index in [1.165, 1.54) is 6.92 Å². The van der Waals surface area contributed by atoms with Crippen LogP contribution in [0.25, 0.3) is 0 Å². The number of hydrogen-bond donors (Lipinski definition) is 2. The molecule has 0 saturated heterocycles. The molecule has 5 nitrogen and oxygen atoms in total. The molecule has 0 aliphatic rings. The lowest BCUT2D eigenvalue weighted by molar-refractivity contribution is 0.101. The number of Topliss-reactive ketones (excluding diaryl/α,β-unsaturated/α-hetero) is 1. The van der Waals surface area contributed by atoms with Gasteiger partial charge in [0, 0.05) is 16.9 Å². The van der Waals surface area contributed by atoms with Gasteiger partial charge >= 0.3 is 0 Å². The minimum absolute atomic E-state index is 0.00917. The first-order chi connectivity index (χ1) is 12.5. The average molecular weight is 345 g/mol. The van der Waals surface area contributed by atoms with Crippen molar-refractivity contribution in [3.05, 3.63) is 83.7 Å². The Morgan fingerprint density at radius 3 is 2.27 bits per heavy atom. The van der Waals surface area contributed by atoms with E-state index in [1.54, 1.807) is 30.5 Å². The average Bonchev–Trinajstić information content (AvgIpc) is 2.64. The van der Waals surface area contributed by atoms with Gasteiger partial charge in [-0.15, -0.1) is 0 Å². The van der Waals surface area contributed by atoms with Crippen LogP contribution in [0.3, 0.4) is 0 Å². The van der Waals surface area contributed by atoms with Gasteiger partial charge in [0.2, 0.25) is 0 Å². The number of ketones is 1. The summed E-state index contributed by atoms with van der Waals surface area (Å²) in [5.74, 6) is -0.256. The van der Waals surface area contributed by atoms with Crippen molar-refractivity contribution in [1.82, 2.24) is 4.98 Å². The fraction of sp³-hybridized carbons (Fsp3) is 0.0952. The van der Waals surface area contributed by atoms with E-state index in [9.17, 15) is 9.59 Å². The molecule has 2 aromatic carbocycles. The van der Waals surface area contributed by atoms with Gasteiger partial charge in [0.05, 0.1) is 11.9 Å². The number of carbonyl (C=O) groups is 2. The maximum atomic E-state index is 12.3. The van der Waals surface area contributed by atoms with Gasteiger partial charge in [0.1, 0.15) is 5.69 Å². The predicted molar refractivity (Wildman–Crippen MR) is 103 cm³/mol. The van der Waals surface area contributed by atoms with Crippen LogP contribution in [0.4, 0.5) is 17.1 Å². The Hall–Kier alpha value is -3.47. The van der Waals surface area contributed by atoms with Gasteiger partial charge in [0.25, 0.3) is 5.91 Å². The molecule has 0 saturated carbocycles. The number of aryl methyl sites for hydroxylation is 1. The molecule has 0 spiro atoms. The zero-order chi connectivity index (χ0) is 18.5. The van der Waals surface area contributed by atoms with Crippen LogP contribution in [0.2, 0.25) is 0 Å². The highest BCUT2D eigenvalue weighted by molar-refractivity contribution is 6.03. The highest BCUT2D eigenvalue weighted by Gasteiger charge is 2.08. The minimum Gasteiger partial charge on any atom is -0.354 e. The third-order valence-corrected chi connectivity index (χ3v) is 3.86. The van der Waals surface area contributed by atoms with Gasteiger partial charge in [0.15, 0.2) is 5.78 Å². The lowest BCUT2D eigenvalue weighted by Gasteiger charge is -2.08. The summed E-state index contributed by atoms with van der Waals surface area (Å²) in [6.45, 7) is 3.52. The van der Waals surface area contributed by atoms with Crippen LogP contribution in [0.15, 0.2) is 66.9 Å². The Kier molecular flexibility index (Phi) is 5.08. The summed E-state index contributed by atoms with van der Waals surface area (Å²) in [5, 5.41) is 5.99. The molecule has 0 fully saturated rings. The molecule has 0 aliphatic carbocycles. The number of benzene rings is 2. The SMILES string of the molecule is CC(=O)c1cccc(Nc2ccc(C(=O)Nc3ccc(C)cc3)nc2)c1. The van der Waals surface area contributed by atoms with E-state index < -0.39 is 0 Å². The van der Waals surface area contributed by atoms with Crippen LogP contribution in [0, 0.1) is 6.92 Å². The zero-order valence-corrected chi connectivity index (χ0v) is 14.6. The van der Waals surface area contributed by atoms with Crippen molar-refractivity contribution in [2.75, 3.05) is 10.6 Å². The normalized spacial score (nSPS) is 10.2. The number of anilines is 3. The first kappa shape index (κ1) is 17.4. The molecule has 130 valence electrons. The molecule has 1 aromatic heterocycles. The number of pyridine rings is 1. The van der Waals surface area contributed by atoms with E-state index >= 15 is 0 Å². The van der Waals surface area contributed by atoms with Crippen LogP contribution in [0.5, 0.6) is 0 Å². The Morgan fingerprint density at radius 2 is 1.62 bits per heavy atom. The van der Waals surface area contributed by atoms with E-state index in [2.05, 4.69) is 15.6 Å². The molecule has 3 aromatic rings. The van der Waals surface area contributed by atoms with Gasteiger partial charge in [-0.25, -0.2) is 4.98 Å². The van der Waals surface area contributed by atoms with E-state index in [-0.39, 0.29) is 11.7 Å². The predicted octanol–water partition coefficient (Wildman–Crippen LogP) is 4.59. The van der Waals surface area contributed by atoms with Gasteiger partial charge in [-0.1, -0.05) is 29.8 Å². The maximum absolute atomic E-state index is 12.3. The summed E-state index contributed by atoms with van der Waals surface area (Å²) in [6, 6.07) is 18.2. The van der Waals surface area contributed by atoms with Crippen molar-refractivity contribution >= 4 is 28.8 Å². The summed E-state index contributed by atoms with van der Waals surface area (Å²) in [4.78, 5) is 27.9. The quantitative estimate of drug-likeness (QED) is 0.664. The summed E-state index contributed by atoms with van der Waals surface area (Å²) in [6.07, 6.45) is 1.59. The second kappa shape index (κ2) is 7.61. The van der Waals surface area contributed by atoms with Crippen LogP contribution in [0.1, 0.15) is 33.3 Å². The van der Waals surface area contributed by atoms with Crippen molar-refractivity contribution in [1.29, 1.82) is 0 Å². The number of amides is 1. The fourth-order valence-corrected chi connectivity index (χ4v) is 2.42. The zero-order valence-electron chi connectivity index (χ0n) is 14.6. The van der Waals surface area contributed by atoms with E-state index in [0.29, 0.717) is 11.3 Å². The standard InChI is InChI=1S/C21H19N3O2/c1-14-6-8-17(9-7-14)24-21(26)20-11-10-19(13-22-20)23-18-5-3-4-16(12-18)15(2)25/h3-13,23H,1-2H3,(H,24,26). The van der Waals surface area contributed by atoms with E-state index in [1.807, 2.05) is 43.3 Å². The van der Waals surface area contributed by atoms with Gasteiger partial charge in [-0.05, 0) is 50.2 Å². The molecule has 3 rings (SSSR count). The Balaban J connectivity index is 1.68. The Morgan fingerprint density at radius 1 is 0.885 bits per heavy atom. The number of aromatic nitrogens is 1. The second-order valence-corrected chi connectivity index (χ2v) is 6.01. The molecule has 0 aliphatic heterocycles. The second-order valence-electron chi connectivity index (χ2n) is 6.01. The summed E-state index contributed by atoms with van der Waals surface area (Å²) < 4.78 is 0. The van der Waals surface area contributed by atoms with Crippen molar-refractivity contribution in [2.24, 2.45) is 0 Å². The smallest absolute Gasteiger partial charge is 0.274 e. The molecule has 0 unspecified atom stereocenters. The Bertz CT molecular complexity index is 932. The first-order valence-electron chi connectivity index (χ1n) is 8.23. The number of nitrogens with zero attached hydrogens (tertiary/aromatic N) is 1. The van der Waals surface area contributed by atoms with Crippen LogP contribution in [-0.4, -0.2) is 16.7 Å². The molecular weight excluding hydrogens is 326 g/mol. The molecule has 1 amide bonds. The summed E-state index contributed by atoms with van der Waals surface area (Å²) in [5.41, 5.74) is 4.34. The van der Waals surface area contributed by atoms with Gasteiger partial charge in [-0.3, -0.25) is 9.59 Å². The third kappa shape index (κ3) is 4.33. The van der Waals surface area contributed by atoms with Gasteiger partial charge < -0.3 is 10.6 Å². The highest BCUT2D eigenvalue weighted by Crippen LogP contribution is 2.18. The molecule has 1 heterocycles. The molecule has 26 heavy (non-hydrogen) atoms. The molecule has 0 atom stereocenters. The Labute approximate surface area is 152 Å².